The van der Waals surface area contributed by atoms with Crippen LogP contribution in [-0.4, -0.2) is 20.1 Å². The molecule has 0 aromatic heterocycles. The number of carbonyl (C=O) groups excluding carboxylic acids is 1. The highest BCUT2D eigenvalue weighted by Crippen LogP contribution is 2.36. The number of benzene rings is 2. The molecule has 0 saturated carbocycles. The van der Waals surface area contributed by atoms with E-state index < -0.39 is 5.91 Å². The Morgan fingerprint density at radius 1 is 1.19 bits per heavy atom. The molecule has 0 unspecified atom stereocenters. The van der Waals surface area contributed by atoms with Gasteiger partial charge in [0.05, 0.1) is 19.2 Å². The zero-order valence-electron chi connectivity index (χ0n) is 14.4. The van der Waals surface area contributed by atoms with Crippen LogP contribution >= 0.6 is 23.2 Å². The summed E-state index contributed by atoms with van der Waals surface area (Å²) in [5.41, 5.74) is 1.69. The minimum Gasteiger partial charge on any atom is -0.493 e. The number of amides is 1. The second-order valence-electron chi connectivity index (χ2n) is 5.27. The summed E-state index contributed by atoms with van der Waals surface area (Å²) >= 11 is 12.2. The molecule has 0 heterocycles. The van der Waals surface area contributed by atoms with Gasteiger partial charge in [0.2, 0.25) is 0 Å². The van der Waals surface area contributed by atoms with Gasteiger partial charge in [-0.05, 0) is 48.4 Å². The average Bonchev–Trinajstić information content (AvgIpc) is 2.62. The van der Waals surface area contributed by atoms with Crippen molar-refractivity contribution in [3.63, 3.8) is 0 Å². The number of anilines is 1. The molecule has 0 aliphatic heterocycles. The van der Waals surface area contributed by atoms with Crippen LogP contribution in [-0.2, 0) is 4.79 Å². The summed E-state index contributed by atoms with van der Waals surface area (Å²) in [5.74, 6) is 0.224. The first-order valence-electron chi connectivity index (χ1n) is 7.51. The standard InChI is InChI=1S/C19H16Cl2N2O3/c1-11-14(20)5-4-6-16(11)23-19(24)13(10-22)7-12-8-15(21)18(26-3)17(9-12)25-2/h4-9H,1-3H3,(H,23,24)/b13-7-. The fraction of sp³-hybridized carbons (Fsp3) is 0.158. The van der Waals surface area contributed by atoms with Crippen LogP contribution in [0.3, 0.4) is 0 Å². The maximum Gasteiger partial charge on any atom is 0.266 e. The Bertz CT molecular complexity index is 918. The largest absolute Gasteiger partial charge is 0.493 e. The van der Waals surface area contributed by atoms with Gasteiger partial charge in [0, 0.05) is 10.7 Å². The summed E-state index contributed by atoms with van der Waals surface area (Å²) in [6.45, 7) is 1.78. The van der Waals surface area contributed by atoms with Crippen molar-refractivity contribution in [1.29, 1.82) is 5.26 Å². The maximum absolute atomic E-state index is 12.4. The number of ether oxygens (including phenoxy) is 2. The first-order chi connectivity index (χ1) is 12.4. The number of nitriles is 1. The van der Waals surface area contributed by atoms with E-state index in [4.69, 9.17) is 32.7 Å². The number of nitrogens with one attached hydrogen (secondary N) is 1. The number of hydrogen-bond donors (Lipinski definition) is 1. The molecule has 26 heavy (non-hydrogen) atoms. The molecule has 0 bridgehead atoms. The molecule has 2 rings (SSSR count). The lowest BCUT2D eigenvalue weighted by Crippen LogP contribution is -2.14. The number of methoxy groups -OCH3 is 2. The van der Waals surface area contributed by atoms with Gasteiger partial charge in [-0.2, -0.15) is 5.26 Å². The number of rotatable bonds is 5. The highest BCUT2D eigenvalue weighted by molar-refractivity contribution is 6.32. The van der Waals surface area contributed by atoms with Gasteiger partial charge >= 0.3 is 0 Å². The Hall–Kier alpha value is -2.68. The molecular weight excluding hydrogens is 375 g/mol. The fourth-order valence-electron chi connectivity index (χ4n) is 2.27. The SMILES string of the molecule is COc1cc(/C=C(/C#N)C(=O)Nc2cccc(Cl)c2C)cc(Cl)c1OC. The van der Waals surface area contributed by atoms with Gasteiger partial charge in [-0.1, -0.05) is 29.3 Å². The van der Waals surface area contributed by atoms with Crippen molar-refractivity contribution in [3.05, 3.63) is 57.1 Å². The van der Waals surface area contributed by atoms with Gasteiger partial charge in [-0.15, -0.1) is 0 Å². The van der Waals surface area contributed by atoms with Crippen molar-refractivity contribution in [2.24, 2.45) is 0 Å². The summed E-state index contributed by atoms with van der Waals surface area (Å²) < 4.78 is 10.4. The quantitative estimate of drug-likeness (QED) is 0.584. The molecule has 0 spiro atoms. The lowest BCUT2D eigenvalue weighted by Gasteiger charge is -2.11. The minimum absolute atomic E-state index is 0.0901. The highest BCUT2D eigenvalue weighted by Gasteiger charge is 2.14. The third-order valence-corrected chi connectivity index (χ3v) is 4.34. The topological polar surface area (TPSA) is 71.3 Å². The molecule has 2 aromatic carbocycles. The molecule has 0 aliphatic rings. The van der Waals surface area contributed by atoms with Gasteiger partial charge in [0.1, 0.15) is 11.6 Å². The molecular formula is C19H16Cl2N2O3. The van der Waals surface area contributed by atoms with Crippen LogP contribution in [0.4, 0.5) is 5.69 Å². The van der Waals surface area contributed by atoms with E-state index in [2.05, 4.69) is 5.32 Å². The van der Waals surface area contributed by atoms with Crippen LogP contribution in [0.5, 0.6) is 11.5 Å². The average molecular weight is 391 g/mol. The van der Waals surface area contributed by atoms with Gasteiger partial charge in [-0.25, -0.2) is 0 Å². The predicted octanol–water partition coefficient (Wildman–Crippen LogP) is 4.86. The summed E-state index contributed by atoms with van der Waals surface area (Å²) in [7, 11) is 2.95. The summed E-state index contributed by atoms with van der Waals surface area (Å²) in [6, 6.07) is 10.2. The molecule has 0 fully saturated rings. The molecule has 7 heteroatoms. The van der Waals surface area contributed by atoms with Crippen molar-refractivity contribution >= 4 is 40.9 Å². The second-order valence-corrected chi connectivity index (χ2v) is 6.09. The summed E-state index contributed by atoms with van der Waals surface area (Å²) in [6.07, 6.45) is 1.42. The zero-order valence-corrected chi connectivity index (χ0v) is 15.9. The predicted molar refractivity (Wildman–Crippen MR) is 103 cm³/mol. The highest BCUT2D eigenvalue weighted by atomic mass is 35.5. The van der Waals surface area contributed by atoms with Gasteiger partial charge in [0.15, 0.2) is 11.5 Å². The number of nitrogens with zero attached hydrogens (tertiary/aromatic N) is 1. The van der Waals surface area contributed by atoms with Crippen LogP contribution in [0.15, 0.2) is 35.9 Å². The van der Waals surface area contributed by atoms with Crippen molar-refractivity contribution < 1.29 is 14.3 Å². The first-order valence-corrected chi connectivity index (χ1v) is 8.26. The smallest absolute Gasteiger partial charge is 0.266 e. The van der Waals surface area contributed by atoms with Crippen LogP contribution in [0.1, 0.15) is 11.1 Å². The normalized spacial score (nSPS) is 10.8. The Kier molecular flexibility index (Phi) is 6.51. The minimum atomic E-state index is -0.552. The molecule has 0 saturated heterocycles. The molecule has 0 aliphatic carbocycles. The Labute approximate surface area is 161 Å². The third-order valence-electron chi connectivity index (χ3n) is 3.65. The van der Waals surface area contributed by atoms with E-state index in [0.29, 0.717) is 38.4 Å². The molecule has 134 valence electrons. The lowest BCUT2D eigenvalue weighted by molar-refractivity contribution is -0.112. The number of halogens is 2. The molecule has 0 radical (unpaired) electrons. The molecule has 1 amide bonds. The molecule has 0 atom stereocenters. The van der Waals surface area contributed by atoms with E-state index >= 15 is 0 Å². The first kappa shape index (κ1) is 19.6. The Balaban J connectivity index is 2.36. The third kappa shape index (κ3) is 4.29. The zero-order chi connectivity index (χ0) is 19.3. The van der Waals surface area contributed by atoms with Crippen LogP contribution < -0.4 is 14.8 Å². The monoisotopic (exact) mass is 390 g/mol. The number of hydrogen-bond acceptors (Lipinski definition) is 4. The van der Waals surface area contributed by atoms with Gasteiger partial charge < -0.3 is 14.8 Å². The summed E-state index contributed by atoms with van der Waals surface area (Å²) in [4.78, 5) is 12.4. The molecule has 5 nitrogen and oxygen atoms in total. The van der Waals surface area contributed by atoms with Gasteiger partial charge in [-0.3, -0.25) is 4.79 Å². The van der Waals surface area contributed by atoms with E-state index in [-0.39, 0.29) is 5.57 Å². The van der Waals surface area contributed by atoms with E-state index in [1.165, 1.54) is 20.3 Å². The van der Waals surface area contributed by atoms with Crippen molar-refractivity contribution in [2.75, 3.05) is 19.5 Å². The van der Waals surface area contributed by atoms with Crippen molar-refractivity contribution in [1.82, 2.24) is 0 Å². The van der Waals surface area contributed by atoms with Crippen LogP contribution in [0.2, 0.25) is 10.0 Å². The molecule has 1 N–H and O–H groups in total. The van der Waals surface area contributed by atoms with Crippen molar-refractivity contribution in [3.8, 4) is 17.6 Å². The fourth-order valence-corrected chi connectivity index (χ4v) is 2.74. The molecule has 2 aromatic rings. The summed E-state index contributed by atoms with van der Waals surface area (Å²) in [5, 5.41) is 12.9. The van der Waals surface area contributed by atoms with E-state index in [9.17, 15) is 10.1 Å². The Morgan fingerprint density at radius 3 is 2.54 bits per heavy atom. The van der Waals surface area contributed by atoms with E-state index in [0.717, 1.165) is 0 Å². The van der Waals surface area contributed by atoms with Crippen molar-refractivity contribution in [2.45, 2.75) is 6.92 Å². The number of carbonyl (C=O) groups is 1. The van der Waals surface area contributed by atoms with E-state index in [1.54, 1.807) is 37.3 Å². The maximum atomic E-state index is 12.4. The lowest BCUT2D eigenvalue weighted by atomic mass is 10.1. The van der Waals surface area contributed by atoms with E-state index in [1.807, 2.05) is 6.07 Å². The van der Waals surface area contributed by atoms with Gasteiger partial charge in [0.25, 0.3) is 5.91 Å². The van der Waals surface area contributed by atoms with Crippen LogP contribution in [0, 0.1) is 18.3 Å². The Morgan fingerprint density at radius 2 is 1.92 bits per heavy atom. The van der Waals surface area contributed by atoms with Crippen LogP contribution in [0.25, 0.3) is 6.08 Å². The second kappa shape index (κ2) is 8.61.